The van der Waals surface area contributed by atoms with Crippen LogP contribution < -0.4 is 0 Å². The Morgan fingerprint density at radius 3 is 1.00 bits per heavy atom. The molecule has 4 heteroatoms. The van der Waals surface area contributed by atoms with Crippen molar-refractivity contribution in [2.24, 2.45) is 0 Å². The fourth-order valence-corrected chi connectivity index (χ4v) is 0. The molecule has 0 aromatic carbocycles. The van der Waals surface area contributed by atoms with Gasteiger partial charge >= 0.3 is 0 Å². The third kappa shape index (κ3) is 27.0. The summed E-state index contributed by atoms with van der Waals surface area (Å²) >= 11 is 0. The zero-order valence-corrected chi connectivity index (χ0v) is 3.54. The monoisotopic (exact) mass is 179 g/mol. The van der Waals surface area contributed by atoms with Gasteiger partial charge in [0, 0.05) is 34.6 Å². The molecule has 0 fully saturated rings. The van der Waals surface area contributed by atoms with E-state index in [4.69, 9.17) is 0 Å². The zero-order valence-electron chi connectivity index (χ0n) is 1.08. The Morgan fingerprint density at radius 2 is 1.00 bits per heavy atom. The SMILES string of the molecule is C.[AlH3].[B].[SiH4].[Zr]. The molecule has 0 rings (SSSR count). The van der Waals surface area contributed by atoms with Gasteiger partial charge in [-0.3, -0.25) is 0 Å². The van der Waals surface area contributed by atoms with Crippen molar-refractivity contribution >= 4 is 36.7 Å². The van der Waals surface area contributed by atoms with Gasteiger partial charge in [-0.25, -0.2) is 0 Å². The van der Waals surface area contributed by atoms with Gasteiger partial charge in [0.2, 0.25) is 0 Å². The van der Waals surface area contributed by atoms with E-state index in [1.165, 1.54) is 0 Å². The van der Waals surface area contributed by atoms with E-state index in [0.717, 1.165) is 0 Å². The summed E-state index contributed by atoms with van der Waals surface area (Å²) in [4.78, 5) is 0. The first-order valence-corrected chi connectivity index (χ1v) is 0. The minimum atomic E-state index is 0. The van der Waals surface area contributed by atoms with Crippen molar-refractivity contribution in [3.8, 4) is 0 Å². The van der Waals surface area contributed by atoms with Crippen LogP contribution in [0.1, 0.15) is 7.43 Å². The molecule has 0 heterocycles. The average molecular weight is 180 g/mol. The molecule has 0 atom stereocenters. The molecule has 0 aliphatic heterocycles. The van der Waals surface area contributed by atoms with Gasteiger partial charge in [-0.1, -0.05) is 7.43 Å². The Hall–Kier alpha value is 1.70. The molecule has 0 spiro atoms. The van der Waals surface area contributed by atoms with E-state index >= 15 is 0 Å². The first-order chi connectivity index (χ1) is 0. The zero-order chi connectivity index (χ0) is 0. The van der Waals surface area contributed by atoms with Crippen LogP contribution in [0.15, 0.2) is 0 Å². The smallest absolute Gasteiger partial charge is 0.0776 e. The topological polar surface area (TPSA) is 0 Å². The van der Waals surface area contributed by atoms with Gasteiger partial charge < -0.3 is 0 Å². The maximum atomic E-state index is 0. The second-order valence-electron chi connectivity index (χ2n) is 0. The summed E-state index contributed by atoms with van der Waals surface area (Å²) in [5.41, 5.74) is 0. The minimum Gasteiger partial charge on any atom is -0.0776 e. The van der Waals surface area contributed by atoms with Gasteiger partial charge in [-0.05, 0) is 11.0 Å². The van der Waals surface area contributed by atoms with Gasteiger partial charge in [0.25, 0.3) is 0 Å². The maximum absolute atomic E-state index is 0. The van der Waals surface area contributed by atoms with Crippen LogP contribution in [0.3, 0.4) is 0 Å². The second-order valence-corrected chi connectivity index (χ2v) is 0. The molecular weight excluding hydrogens is 169 g/mol. The van der Waals surface area contributed by atoms with E-state index < -0.39 is 0 Å². The van der Waals surface area contributed by atoms with Crippen LogP contribution >= 0.6 is 0 Å². The molecule has 0 aliphatic rings. The molecular formula is CH11AlBSiZr. The predicted octanol–water partition coefficient (Wildman–Crippen LogP) is -2.38. The number of hydrogen-bond acceptors (Lipinski definition) is 0. The Labute approximate surface area is 70.0 Å². The third-order valence-electron chi connectivity index (χ3n) is 0. The molecule has 0 saturated heterocycles. The summed E-state index contributed by atoms with van der Waals surface area (Å²) in [6.45, 7) is 0. The van der Waals surface area contributed by atoms with Crippen molar-refractivity contribution < 1.29 is 26.2 Å². The number of hydrogen-bond donors (Lipinski definition) is 0. The third-order valence-corrected chi connectivity index (χ3v) is 0. The van der Waals surface area contributed by atoms with Crippen molar-refractivity contribution in [2.75, 3.05) is 0 Å². The molecule has 0 aliphatic carbocycles. The molecule has 0 aromatic heterocycles. The normalized spacial score (nSPS) is 0. The summed E-state index contributed by atoms with van der Waals surface area (Å²) in [7, 11) is 0. The van der Waals surface area contributed by atoms with Crippen LogP contribution in [0.5, 0.6) is 0 Å². The molecule has 0 N–H and O–H groups in total. The van der Waals surface area contributed by atoms with E-state index in [1.807, 2.05) is 0 Å². The molecule has 5 heavy (non-hydrogen) atoms. The minimum absolute atomic E-state index is 0. The van der Waals surface area contributed by atoms with Crippen LogP contribution in [0, 0.1) is 0 Å². The van der Waals surface area contributed by atoms with Gasteiger partial charge in [0.05, 0.1) is 0 Å². The van der Waals surface area contributed by atoms with Crippen molar-refractivity contribution in [3.63, 3.8) is 0 Å². The van der Waals surface area contributed by atoms with Gasteiger partial charge in [0.1, 0.15) is 0 Å². The van der Waals surface area contributed by atoms with Gasteiger partial charge in [-0.15, -0.1) is 0 Å². The van der Waals surface area contributed by atoms with Crippen molar-refractivity contribution in [1.29, 1.82) is 0 Å². The molecule has 0 saturated carbocycles. The van der Waals surface area contributed by atoms with Crippen molar-refractivity contribution in [2.45, 2.75) is 7.43 Å². The Balaban J connectivity index is 0. The van der Waals surface area contributed by atoms with E-state index in [0.29, 0.717) is 0 Å². The van der Waals surface area contributed by atoms with Crippen LogP contribution in [0.2, 0.25) is 0 Å². The van der Waals surface area contributed by atoms with E-state index in [2.05, 4.69) is 0 Å². The predicted molar refractivity (Wildman–Crippen MR) is 33.8 cm³/mol. The first kappa shape index (κ1) is 75.5. The summed E-state index contributed by atoms with van der Waals surface area (Å²) in [6, 6.07) is 0. The summed E-state index contributed by atoms with van der Waals surface area (Å²) in [5, 5.41) is 0. The first-order valence-electron chi connectivity index (χ1n) is 0. The van der Waals surface area contributed by atoms with E-state index in [-0.39, 0.29) is 70.4 Å². The molecule has 3 radical (unpaired) electrons. The second kappa shape index (κ2) is 43.6. The maximum Gasteiger partial charge on any atom is 0.187 e. The fourth-order valence-electron chi connectivity index (χ4n) is 0. The molecule has 0 bridgehead atoms. The fraction of sp³-hybridized carbons (Fsp3) is 1.00. The van der Waals surface area contributed by atoms with Crippen LogP contribution in [0.25, 0.3) is 0 Å². The summed E-state index contributed by atoms with van der Waals surface area (Å²) in [5.74, 6) is 0. The molecule has 0 amide bonds. The summed E-state index contributed by atoms with van der Waals surface area (Å²) in [6.07, 6.45) is 0. The number of rotatable bonds is 0. The molecule has 29 valence electrons. The molecule has 0 aromatic rings. The quantitative estimate of drug-likeness (QED) is 0.365. The average Bonchev–Trinajstić information content (AvgIpc) is 0. The molecule has 0 unspecified atom stereocenters. The van der Waals surface area contributed by atoms with E-state index in [1.54, 1.807) is 0 Å². The Kier molecular flexibility index (Phi) is 658. The summed E-state index contributed by atoms with van der Waals surface area (Å²) < 4.78 is 0. The van der Waals surface area contributed by atoms with E-state index in [9.17, 15) is 0 Å². The van der Waals surface area contributed by atoms with Crippen molar-refractivity contribution in [3.05, 3.63) is 0 Å². The standard InChI is InChI=1S/CH4.Al.B.H4Si.Zr.3H/h1H4;;;1H4;;;;. The van der Waals surface area contributed by atoms with Gasteiger partial charge in [-0.2, -0.15) is 0 Å². The Morgan fingerprint density at radius 1 is 1.00 bits per heavy atom. The van der Waals surface area contributed by atoms with Crippen LogP contribution in [-0.2, 0) is 26.2 Å². The van der Waals surface area contributed by atoms with Crippen LogP contribution in [-0.4, -0.2) is 36.7 Å². The van der Waals surface area contributed by atoms with Crippen molar-refractivity contribution in [1.82, 2.24) is 0 Å². The molecule has 0 nitrogen and oxygen atoms in total. The largest absolute Gasteiger partial charge is 0.187 e. The Bertz CT molecular complexity index is 11.6. The van der Waals surface area contributed by atoms with Gasteiger partial charge in [0.15, 0.2) is 17.4 Å². The van der Waals surface area contributed by atoms with Crippen LogP contribution in [0.4, 0.5) is 0 Å².